The average molecular weight is 352 g/mol. The number of anilines is 1. The van der Waals surface area contributed by atoms with Crippen LogP contribution in [0.2, 0.25) is 0 Å². The van der Waals surface area contributed by atoms with Crippen LogP contribution in [0.5, 0.6) is 0 Å². The number of fused-ring (bicyclic) bond motifs is 1. The van der Waals surface area contributed by atoms with E-state index in [-0.39, 0.29) is 12.1 Å². The molecule has 0 amide bonds. The summed E-state index contributed by atoms with van der Waals surface area (Å²) in [5.74, 6) is 0.286. The lowest BCUT2D eigenvalue weighted by Crippen LogP contribution is -2.28. The number of pyridine rings is 1. The summed E-state index contributed by atoms with van der Waals surface area (Å²) >= 11 is 0. The number of carbonyl (C=O) groups is 1. The summed E-state index contributed by atoms with van der Waals surface area (Å²) in [7, 11) is 0. The highest BCUT2D eigenvalue weighted by Gasteiger charge is 2.29. The molecule has 2 aromatic heterocycles. The SMILES string of the molecule is N#CCC[C@H]1CCC[C@@H](Nc2c(C(=O)OC3CC3)cnc3[nH]ccc23)C1. The number of nitrogens with zero attached hydrogens (tertiary/aromatic N) is 2. The topological polar surface area (TPSA) is 90.8 Å². The number of aromatic nitrogens is 2. The average Bonchev–Trinajstić information content (AvgIpc) is 3.32. The van der Waals surface area contributed by atoms with Gasteiger partial charge in [-0.3, -0.25) is 0 Å². The molecule has 2 heterocycles. The third-order valence-corrected chi connectivity index (χ3v) is 5.40. The van der Waals surface area contributed by atoms with Gasteiger partial charge in [0.1, 0.15) is 17.3 Å². The molecule has 0 aromatic carbocycles. The van der Waals surface area contributed by atoms with Gasteiger partial charge in [0.05, 0.1) is 11.8 Å². The molecule has 2 aromatic rings. The number of hydrogen-bond donors (Lipinski definition) is 2. The Bertz CT molecular complexity index is 834. The molecule has 136 valence electrons. The number of nitriles is 1. The lowest BCUT2D eigenvalue weighted by molar-refractivity contribution is 0.0473. The van der Waals surface area contributed by atoms with E-state index >= 15 is 0 Å². The van der Waals surface area contributed by atoms with E-state index in [1.165, 1.54) is 6.42 Å². The first kappa shape index (κ1) is 16.9. The number of esters is 1. The minimum atomic E-state index is -0.289. The first-order valence-corrected chi connectivity index (χ1v) is 9.55. The van der Waals surface area contributed by atoms with Crippen molar-refractivity contribution < 1.29 is 9.53 Å². The lowest BCUT2D eigenvalue weighted by atomic mass is 9.83. The van der Waals surface area contributed by atoms with Crippen molar-refractivity contribution in [1.82, 2.24) is 9.97 Å². The van der Waals surface area contributed by atoms with Gasteiger partial charge in [0.15, 0.2) is 0 Å². The molecule has 0 aliphatic heterocycles. The van der Waals surface area contributed by atoms with Crippen LogP contribution in [-0.4, -0.2) is 28.1 Å². The third-order valence-electron chi connectivity index (χ3n) is 5.40. The molecule has 6 heteroatoms. The summed E-state index contributed by atoms with van der Waals surface area (Å²) in [6, 6.07) is 4.51. The molecule has 2 aliphatic carbocycles. The smallest absolute Gasteiger partial charge is 0.342 e. The van der Waals surface area contributed by atoms with Gasteiger partial charge in [0, 0.05) is 30.2 Å². The quantitative estimate of drug-likeness (QED) is 0.762. The molecule has 2 N–H and O–H groups in total. The Morgan fingerprint density at radius 1 is 1.38 bits per heavy atom. The molecule has 2 aliphatic rings. The van der Waals surface area contributed by atoms with Gasteiger partial charge < -0.3 is 15.0 Å². The summed E-state index contributed by atoms with van der Waals surface area (Å²) < 4.78 is 5.51. The van der Waals surface area contributed by atoms with E-state index in [0.717, 1.165) is 55.2 Å². The van der Waals surface area contributed by atoms with E-state index < -0.39 is 0 Å². The summed E-state index contributed by atoms with van der Waals surface area (Å²) in [6.45, 7) is 0. The van der Waals surface area contributed by atoms with Crippen LogP contribution in [0.25, 0.3) is 11.0 Å². The monoisotopic (exact) mass is 352 g/mol. The second-order valence-corrected chi connectivity index (χ2v) is 7.46. The number of rotatable bonds is 6. The summed E-state index contributed by atoms with van der Waals surface area (Å²) in [6.07, 6.45) is 11.5. The van der Waals surface area contributed by atoms with E-state index in [1.807, 2.05) is 12.3 Å². The highest BCUT2D eigenvalue weighted by atomic mass is 16.5. The molecule has 6 nitrogen and oxygen atoms in total. The number of hydrogen-bond acceptors (Lipinski definition) is 5. The maximum absolute atomic E-state index is 12.6. The summed E-state index contributed by atoms with van der Waals surface area (Å²) in [4.78, 5) is 20.1. The van der Waals surface area contributed by atoms with Gasteiger partial charge in [0.25, 0.3) is 0 Å². The van der Waals surface area contributed by atoms with Crippen molar-refractivity contribution in [2.45, 2.75) is 63.5 Å². The molecule has 0 bridgehead atoms. The Morgan fingerprint density at radius 3 is 3.08 bits per heavy atom. The zero-order valence-electron chi connectivity index (χ0n) is 14.8. The fourth-order valence-electron chi connectivity index (χ4n) is 3.88. The Hall–Kier alpha value is -2.55. The summed E-state index contributed by atoms with van der Waals surface area (Å²) in [5, 5.41) is 13.4. The molecule has 0 spiro atoms. The van der Waals surface area contributed by atoms with Crippen molar-refractivity contribution in [1.29, 1.82) is 5.26 Å². The molecular formula is C20H24N4O2. The zero-order chi connectivity index (χ0) is 17.9. The fourth-order valence-corrected chi connectivity index (χ4v) is 3.88. The van der Waals surface area contributed by atoms with Crippen molar-refractivity contribution in [3.8, 4) is 6.07 Å². The molecule has 4 rings (SSSR count). The van der Waals surface area contributed by atoms with Gasteiger partial charge in [-0.25, -0.2) is 9.78 Å². The minimum absolute atomic E-state index is 0.0716. The molecule has 0 unspecified atom stereocenters. The summed E-state index contributed by atoms with van der Waals surface area (Å²) in [5.41, 5.74) is 2.11. The first-order chi connectivity index (χ1) is 12.7. The maximum atomic E-state index is 12.6. The van der Waals surface area contributed by atoms with Gasteiger partial charge in [-0.2, -0.15) is 5.26 Å². The van der Waals surface area contributed by atoms with Crippen LogP contribution < -0.4 is 5.32 Å². The van der Waals surface area contributed by atoms with Crippen LogP contribution in [0.3, 0.4) is 0 Å². The molecule has 0 radical (unpaired) electrons. The Labute approximate surface area is 152 Å². The van der Waals surface area contributed by atoms with Crippen LogP contribution in [-0.2, 0) is 4.74 Å². The Balaban J connectivity index is 1.56. The molecule has 2 atom stereocenters. The first-order valence-electron chi connectivity index (χ1n) is 9.55. The van der Waals surface area contributed by atoms with Crippen LogP contribution in [0, 0.1) is 17.2 Å². The highest BCUT2D eigenvalue weighted by molar-refractivity contribution is 6.04. The third kappa shape index (κ3) is 3.67. The Morgan fingerprint density at radius 2 is 2.27 bits per heavy atom. The van der Waals surface area contributed by atoms with Gasteiger partial charge in [-0.15, -0.1) is 0 Å². The minimum Gasteiger partial charge on any atom is -0.459 e. The maximum Gasteiger partial charge on any atom is 0.342 e. The van der Waals surface area contributed by atoms with Gasteiger partial charge in [-0.1, -0.05) is 12.8 Å². The normalized spacial score (nSPS) is 22.7. The number of aromatic amines is 1. The zero-order valence-corrected chi connectivity index (χ0v) is 14.8. The number of ether oxygens (including phenoxy) is 1. The fraction of sp³-hybridized carbons (Fsp3) is 0.550. The molecule has 0 saturated heterocycles. The van der Waals surface area contributed by atoms with Gasteiger partial charge in [-0.05, 0) is 44.1 Å². The number of carbonyl (C=O) groups excluding carboxylic acids is 1. The highest BCUT2D eigenvalue weighted by Crippen LogP contribution is 2.34. The molecule has 2 fully saturated rings. The van der Waals surface area contributed by atoms with E-state index in [2.05, 4.69) is 21.4 Å². The van der Waals surface area contributed by atoms with Crippen molar-refractivity contribution >= 4 is 22.7 Å². The van der Waals surface area contributed by atoms with E-state index in [0.29, 0.717) is 23.9 Å². The van der Waals surface area contributed by atoms with E-state index in [1.54, 1.807) is 6.20 Å². The number of H-pyrrole nitrogens is 1. The standard InChI is InChI=1S/C20H24N4O2/c21-9-2-4-13-3-1-5-14(11-13)24-18-16-8-10-22-19(16)23-12-17(18)20(25)26-15-6-7-15/h8,10,12-15H,1-7,11H2,(H2,22,23,24)/t13-,14-/m1/s1. The van der Waals surface area contributed by atoms with E-state index in [4.69, 9.17) is 10.00 Å². The number of nitrogens with one attached hydrogen (secondary N) is 2. The van der Waals surface area contributed by atoms with Crippen molar-refractivity contribution in [3.63, 3.8) is 0 Å². The van der Waals surface area contributed by atoms with Crippen LogP contribution in [0.15, 0.2) is 18.5 Å². The van der Waals surface area contributed by atoms with Crippen molar-refractivity contribution in [3.05, 3.63) is 24.0 Å². The largest absolute Gasteiger partial charge is 0.459 e. The van der Waals surface area contributed by atoms with Gasteiger partial charge >= 0.3 is 5.97 Å². The second kappa shape index (κ2) is 7.36. The molecule has 2 saturated carbocycles. The predicted octanol–water partition coefficient (Wildman–Crippen LogP) is 4.16. The second-order valence-electron chi connectivity index (χ2n) is 7.46. The van der Waals surface area contributed by atoms with Crippen LogP contribution >= 0.6 is 0 Å². The van der Waals surface area contributed by atoms with E-state index in [9.17, 15) is 4.79 Å². The Kier molecular flexibility index (Phi) is 4.79. The van der Waals surface area contributed by atoms with Crippen molar-refractivity contribution in [2.75, 3.05) is 5.32 Å². The predicted molar refractivity (Wildman–Crippen MR) is 98.7 cm³/mol. The molecule has 26 heavy (non-hydrogen) atoms. The molecular weight excluding hydrogens is 328 g/mol. The van der Waals surface area contributed by atoms with Gasteiger partial charge in [0.2, 0.25) is 0 Å². The lowest BCUT2D eigenvalue weighted by Gasteiger charge is -2.30. The van der Waals surface area contributed by atoms with Crippen LogP contribution in [0.1, 0.15) is 61.7 Å². The van der Waals surface area contributed by atoms with Crippen LogP contribution in [0.4, 0.5) is 5.69 Å². The van der Waals surface area contributed by atoms with Crippen molar-refractivity contribution in [2.24, 2.45) is 5.92 Å².